The largest absolute Gasteiger partial charge is 0.492 e. The first-order valence-corrected chi connectivity index (χ1v) is 9.19. The van der Waals surface area contributed by atoms with Crippen LogP contribution in [0.1, 0.15) is 23.4 Å². The van der Waals surface area contributed by atoms with Gasteiger partial charge in [0.15, 0.2) is 0 Å². The van der Waals surface area contributed by atoms with Crippen molar-refractivity contribution in [2.24, 2.45) is 0 Å². The third-order valence-corrected chi connectivity index (χ3v) is 4.28. The summed E-state index contributed by atoms with van der Waals surface area (Å²) < 4.78 is 11.0. The number of pyridine rings is 1. The molecular weight excluding hydrogens is 356 g/mol. The van der Waals surface area contributed by atoms with Crippen molar-refractivity contribution >= 4 is 5.91 Å². The van der Waals surface area contributed by atoms with Crippen LogP contribution in [0.5, 0.6) is 5.75 Å². The van der Waals surface area contributed by atoms with Crippen molar-refractivity contribution in [3.05, 3.63) is 59.7 Å². The molecule has 1 aromatic carbocycles. The van der Waals surface area contributed by atoms with E-state index in [0.29, 0.717) is 37.7 Å². The summed E-state index contributed by atoms with van der Waals surface area (Å²) in [6.07, 6.45) is 4.05. The lowest BCUT2D eigenvalue weighted by Gasteiger charge is -2.17. The van der Waals surface area contributed by atoms with Crippen LogP contribution in [0.3, 0.4) is 0 Å². The van der Waals surface area contributed by atoms with Gasteiger partial charge in [0.25, 0.3) is 0 Å². The van der Waals surface area contributed by atoms with Crippen LogP contribution in [0.25, 0.3) is 11.4 Å². The van der Waals surface area contributed by atoms with Gasteiger partial charge in [0, 0.05) is 37.8 Å². The number of amides is 1. The Morgan fingerprint density at radius 3 is 2.57 bits per heavy atom. The molecule has 0 N–H and O–H groups in total. The summed E-state index contributed by atoms with van der Waals surface area (Å²) in [6.45, 7) is 5.02. The van der Waals surface area contributed by atoms with Crippen LogP contribution in [0.2, 0.25) is 0 Å². The lowest BCUT2D eigenvalue weighted by atomic mass is 10.1. The number of likely N-dealkylation sites (N-methyl/N-ethyl adjacent to an activating group) is 1. The molecule has 0 saturated heterocycles. The monoisotopic (exact) mass is 380 g/mol. The number of nitrogens with zero attached hydrogens (tertiary/aromatic N) is 4. The van der Waals surface area contributed by atoms with Gasteiger partial charge < -0.3 is 14.2 Å². The summed E-state index contributed by atoms with van der Waals surface area (Å²) in [7, 11) is 1.77. The number of carbonyl (C=O) groups is 1. The van der Waals surface area contributed by atoms with Gasteiger partial charge in [0.05, 0.1) is 6.54 Å². The highest BCUT2D eigenvalue weighted by Crippen LogP contribution is 2.16. The fraction of sp³-hybridized carbons (Fsp3) is 0.333. The van der Waals surface area contributed by atoms with Crippen LogP contribution in [0.15, 0.2) is 47.2 Å². The molecule has 0 atom stereocenters. The quantitative estimate of drug-likeness (QED) is 0.597. The highest BCUT2D eigenvalue weighted by atomic mass is 16.5. The smallest absolute Gasteiger partial charge is 0.227 e. The minimum absolute atomic E-state index is 0.00711. The van der Waals surface area contributed by atoms with E-state index in [1.165, 1.54) is 0 Å². The van der Waals surface area contributed by atoms with Crippen LogP contribution in [0, 0.1) is 13.8 Å². The van der Waals surface area contributed by atoms with Crippen molar-refractivity contribution in [3.8, 4) is 17.1 Å². The maximum atomic E-state index is 12.3. The van der Waals surface area contributed by atoms with E-state index in [1.54, 1.807) is 24.3 Å². The number of carbonyl (C=O) groups excluding carboxylic acids is 1. The molecule has 7 heteroatoms. The number of aryl methyl sites for hydroxylation is 3. The average molecular weight is 380 g/mol. The summed E-state index contributed by atoms with van der Waals surface area (Å²) in [5, 5.41) is 3.95. The highest BCUT2D eigenvalue weighted by Gasteiger charge is 2.13. The Labute approximate surface area is 164 Å². The van der Waals surface area contributed by atoms with E-state index in [9.17, 15) is 4.79 Å². The summed E-state index contributed by atoms with van der Waals surface area (Å²) >= 11 is 0. The molecule has 1 amide bonds. The second kappa shape index (κ2) is 9.12. The van der Waals surface area contributed by atoms with Gasteiger partial charge in [-0.3, -0.25) is 9.78 Å². The molecule has 3 rings (SSSR count). The molecule has 0 aliphatic carbocycles. The van der Waals surface area contributed by atoms with E-state index in [1.807, 2.05) is 38.1 Å². The van der Waals surface area contributed by atoms with E-state index >= 15 is 0 Å². The van der Waals surface area contributed by atoms with Gasteiger partial charge in [-0.15, -0.1) is 0 Å². The minimum Gasteiger partial charge on any atom is -0.492 e. The Kier molecular flexibility index (Phi) is 6.37. The zero-order valence-electron chi connectivity index (χ0n) is 16.4. The standard InChI is InChI=1S/C21H24N4O3/c1-15-12-16(2)14-18(13-15)27-11-10-25(3)20(26)5-4-19-23-21(24-28-19)17-6-8-22-9-7-17/h6-9,12-14H,4-5,10-11H2,1-3H3. The molecule has 2 aromatic heterocycles. The maximum Gasteiger partial charge on any atom is 0.227 e. The average Bonchev–Trinajstić information content (AvgIpc) is 3.15. The molecule has 2 heterocycles. The molecule has 0 radical (unpaired) electrons. The molecule has 7 nitrogen and oxygen atoms in total. The highest BCUT2D eigenvalue weighted by molar-refractivity contribution is 5.76. The molecular formula is C21H24N4O3. The van der Waals surface area contributed by atoms with Gasteiger partial charge in [-0.2, -0.15) is 4.98 Å². The van der Waals surface area contributed by atoms with E-state index in [2.05, 4.69) is 21.2 Å². The van der Waals surface area contributed by atoms with Crippen LogP contribution < -0.4 is 4.74 Å². The number of hydrogen-bond donors (Lipinski definition) is 0. The second-order valence-electron chi connectivity index (χ2n) is 6.73. The predicted octanol–water partition coefficient (Wildman–Crippen LogP) is 3.22. The lowest BCUT2D eigenvalue weighted by Crippen LogP contribution is -2.31. The number of aromatic nitrogens is 3. The van der Waals surface area contributed by atoms with Gasteiger partial charge >= 0.3 is 0 Å². The Hall–Kier alpha value is -3.22. The molecule has 0 saturated carbocycles. The van der Waals surface area contributed by atoms with E-state index in [4.69, 9.17) is 9.26 Å². The Bertz CT molecular complexity index is 904. The molecule has 0 aliphatic heterocycles. The topological polar surface area (TPSA) is 81.4 Å². The van der Waals surface area contributed by atoms with Crippen molar-refractivity contribution < 1.29 is 14.1 Å². The summed E-state index contributed by atoms with van der Waals surface area (Å²) in [5.74, 6) is 1.78. The third-order valence-electron chi connectivity index (χ3n) is 4.28. The molecule has 3 aromatic rings. The molecule has 28 heavy (non-hydrogen) atoms. The number of hydrogen-bond acceptors (Lipinski definition) is 6. The van der Waals surface area contributed by atoms with Gasteiger partial charge in [0.1, 0.15) is 12.4 Å². The van der Waals surface area contributed by atoms with Gasteiger partial charge in [0.2, 0.25) is 17.6 Å². The number of benzene rings is 1. The summed E-state index contributed by atoms with van der Waals surface area (Å²) in [4.78, 5) is 22.3. The first-order valence-electron chi connectivity index (χ1n) is 9.19. The van der Waals surface area contributed by atoms with Crippen molar-refractivity contribution in [1.82, 2.24) is 20.0 Å². The fourth-order valence-electron chi connectivity index (χ4n) is 2.82. The van der Waals surface area contributed by atoms with Gasteiger partial charge in [-0.05, 0) is 49.2 Å². The Morgan fingerprint density at radius 2 is 1.86 bits per heavy atom. The molecule has 146 valence electrons. The van der Waals surface area contributed by atoms with Crippen molar-refractivity contribution in [2.45, 2.75) is 26.7 Å². The normalized spacial score (nSPS) is 10.7. The van der Waals surface area contributed by atoms with Crippen molar-refractivity contribution in [1.29, 1.82) is 0 Å². The minimum atomic E-state index is 0.00711. The van der Waals surface area contributed by atoms with Crippen LogP contribution in [0.4, 0.5) is 0 Å². The summed E-state index contributed by atoms with van der Waals surface area (Å²) in [6, 6.07) is 9.70. The van der Waals surface area contributed by atoms with Gasteiger partial charge in [-0.1, -0.05) is 11.2 Å². The van der Waals surface area contributed by atoms with E-state index in [-0.39, 0.29) is 5.91 Å². The zero-order valence-corrected chi connectivity index (χ0v) is 16.4. The Balaban J connectivity index is 1.44. The first-order chi connectivity index (χ1) is 13.5. The first kappa shape index (κ1) is 19.5. The maximum absolute atomic E-state index is 12.3. The van der Waals surface area contributed by atoms with Crippen LogP contribution in [-0.2, 0) is 11.2 Å². The van der Waals surface area contributed by atoms with Crippen LogP contribution in [-0.4, -0.2) is 46.1 Å². The Morgan fingerprint density at radius 1 is 1.14 bits per heavy atom. The lowest BCUT2D eigenvalue weighted by molar-refractivity contribution is -0.130. The molecule has 0 unspecified atom stereocenters. The third kappa shape index (κ3) is 5.39. The SMILES string of the molecule is Cc1cc(C)cc(OCCN(C)C(=O)CCc2nc(-c3ccncc3)no2)c1. The zero-order chi connectivity index (χ0) is 19.9. The second-order valence-corrected chi connectivity index (χ2v) is 6.73. The van der Waals surface area contributed by atoms with E-state index in [0.717, 1.165) is 22.4 Å². The molecule has 0 bridgehead atoms. The van der Waals surface area contributed by atoms with E-state index < -0.39 is 0 Å². The fourth-order valence-corrected chi connectivity index (χ4v) is 2.82. The van der Waals surface area contributed by atoms with Crippen molar-refractivity contribution in [2.75, 3.05) is 20.2 Å². The van der Waals surface area contributed by atoms with Crippen LogP contribution >= 0.6 is 0 Å². The predicted molar refractivity (Wildman–Crippen MR) is 105 cm³/mol. The molecule has 0 spiro atoms. The summed E-state index contributed by atoms with van der Waals surface area (Å²) in [5.41, 5.74) is 3.15. The number of ether oxygens (including phenoxy) is 1. The molecule has 0 aliphatic rings. The molecule has 0 fully saturated rings. The van der Waals surface area contributed by atoms with Gasteiger partial charge in [-0.25, -0.2) is 0 Å². The number of rotatable bonds is 8. The van der Waals surface area contributed by atoms with Crippen molar-refractivity contribution in [3.63, 3.8) is 0 Å².